The van der Waals surface area contributed by atoms with Crippen LogP contribution < -0.4 is 9.46 Å². The summed E-state index contributed by atoms with van der Waals surface area (Å²) in [5.41, 5.74) is 7.18. The van der Waals surface area contributed by atoms with Gasteiger partial charge in [0.15, 0.2) is 0 Å². The zero-order chi connectivity index (χ0) is 21.3. The fourth-order valence-corrected chi connectivity index (χ4v) is 4.59. The number of sulfonamides is 1. The molecule has 0 aromatic heterocycles. The lowest BCUT2D eigenvalue weighted by atomic mass is 9.92. The minimum atomic E-state index is -3.34. The Labute approximate surface area is 182 Å². The molecule has 1 aliphatic carbocycles. The summed E-state index contributed by atoms with van der Waals surface area (Å²) in [5, 5.41) is 0.719. The average Bonchev–Trinajstić information content (AvgIpc) is 2.83. The molecule has 0 atom stereocenters. The molecule has 0 bridgehead atoms. The topological polar surface area (TPSA) is 55.4 Å². The molecule has 0 saturated carbocycles. The van der Waals surface area contributed by atoms with Crippen LogP contribution in [0.4, 0.5) is 5.69 Å². The summed E-state index contributed by atoms with van der Waals surface area (Å²) in [4.78, 5) is 0. The van der Waals surface area contributed by atoms with Gasteiger partial charge < -0.3 is 4.74 Å². The van der Waals surface area contributed by atoms with E-state index < -0.39 is 10.0 Å². The van der Waals surface area contributed by atoms with Gasteiger partial charge in [-0.25, -0.2) is 8.42 Å². The third kappa shape index (κ3) is 4.53. The van der Waals surface area contributed by atoms with Crippen molar-refractivity contribution in [3.05, 3.63) is 93.5 Å². The Balaban J connectivity index is 1.89. The molecule has 0 saturated heterocycles. The molecule has 4 nitrogen and oxygen atoms in total. The fraction of sp³-hybridized carbons (Fsp3) is 0.167. The Bertz CT molecular complexity index is 1250. The summed E-state index contributed by atoms with van der Waals surface area (Å²) < 4.78 is 31.2. The summed E-state index contributed by atoms with van der Waals surface area (Å²) in [6.45, 7) is 0. The number of anilines is 1. The van der Waals surface area contributed by atoms with Crippen LogP contribution in [0.1, 0.15) is 27.8 Å². The second-order valence-corrected chi connectivity index (χ2v) is 9.57. The number of halogens is 1. The van der Waals surface area contributed by atoms with Crippen LogP contribution in [0.25, 0.3) is 11.6 Å². The van der Waals surface area contributed by atoms with Crippen LogP contribution in [0.3, 0.4) is 0 Å². The molecule has 154 valence electrons. The standard InChI is InChI=1S/C24H22ClNO3S/c1-29-21-9-11-23-18(15-21)7-6-17-14-19(25)8-10-22(17)24(23)13-16-4-3-5-20(12-16)26-30(2,27)28/h3-5,8-15,26H,6-7H2,1-2H3. The number of methoxy groups -OCH3 is 1. The monoisotopic (exact) mass is 439 g/mol. The molecule has 0 unspecified atom stereocenters. The summed E-state index contributed by atoms with van der Waals surface area (Å²) >= 11 is 6.27. The predicted octanol–water partition coefficient (Wildman–Crippen LogP) is 5.41. The fourth-order valence-electron chi connectivity index (χ4n) is 3.84. The minimum Gasteiger partial charge on any atom is -0.497 e. The summed E-state index contributed by atoms with van der Waals surface area (Å²) in [5.74, 6) is 0.830. The van der Waals surface area contributed by atoms with E-state index in [0.29, 0.717) is 5.69 Å². The minimum absolute atomic E-state index is 0.534. The van der Waals surface area contributed by atoms with Crippen LogP contribution in [0.15, 0.2) is 60.7 Å². The molecule has 0 radical (unpaired) electrons. The highest BCUT2D eigenvalue weighted by atomic mass is 35.5. The van der Waals surface area contributed by atoms with Crippen molar-refractivity contribution < 1.29 is 13.2 Å². The first-order valence-corrected chi connectivity index (χ1v) is 11.8. The summed E-state index contributed by atoms with van der Waals surface area (Å²) in [6, 6.07) is 19.5. The Morgan fingerprint density at radius 1 is 0.967 bits per heavy atom. The van der Waals surface area contributed by atoms with Crippen LogP contribution in [0, 0.1) is 0 Å². The van der Waals surface area contributed by atoms with E-state index in [1.807, 2.05) is 36.4 Å². The maximum absolute atomic E-state index is 11.6. The molecule has 0 amide bonds. The van der Waals surface area contributed by atoms with Crippen LogP contribution in [-0.4, -0.2) is 21.8 Å². The van der Waals surface area contributed by atoms with Crippen molar-refractivity contribution in [1.82, 2.24) is 0 Å². The number of fused-ring (bicyclic) bond motifs is 2. The van der Waals surface area contributed by atoms with Gasteiger partial charge in [0.1, 0.15) is 5.75 Å². The number of rotatable bonds is 4. The maximum Gasteiger partial charge on any atom is 0.229 e. The number of hydrogen-bond acceptors (Lipinski definition) is 3. The van der Waals surface area contributed by atoms with E-state index in [0.717, 1.165) is 52.1 Å². The molecule has 0 spiro atoms. The second kappa shape index (κ2) is 8.17. The van der Waals surface area contributed by atoms with Crippen molar-refractivity contribution in [1.29, 1.82) is 0 Å². The van der Waals surface area contributed by atoms with Crippen molar-refractivity contribution in [2.75, 3.05) is 18.1 Å². The first kappa shape index (κ1) is 20.5. The van der Waals surface area contributed by atoms with Gasteiger partial charge in [-0.1, -0.05) is 35.9 Å². The summed E-state index contributed by atoms with van der Waals surface area (Å²) in [6.07, 6.45) is 5.00. The van der Waals surface area contributed by atoms with Gasteiger partial charge in [0, 0.05) is 10.7 Å². The Hall–Kier alpha value is -2.76. The highest BCUT2D eigenvalue weighted by Crippen LogP contribution is 2.37. The molecule has 3 aromatic carbocycles. The number of benzene rings is 3. The first-order valence-electron chi connectivity index (χ1n) is 9.58. The zero-order valence-corrected chi connectivity index (χ0v) is 18.3. The van der Waals surface area contributed by atoms with Gasteiger partial charge in [-0.15, -0.1) is 0 Å². The van der Waals surface area contributed by atoms with E-state index in [1.54, 1.807) is 13.2 Å². The molecule has 4 rings (SSSR count). The molecule has 0 heterocycles. The van der Waals surface area contributed by atoms with Crippen molar-refractivity contribution in [3.63, 3.8) is 0 Å². The van der Waals surface area contributed by atoms with Crippen LogP contribution in [0.2, 0.25) is 5.02 Å². The molecular formula is C24H22ClNO3S. The van der Waals surface area contributed by atoms with Crippen molar-refractivity contribution >= 4 is 39.0 Å². The Kier molecular flexibility index (Phi) is 5.58. The number of hydrogen-bond donors (Lipinski definition) is 1. The average molecular weight is 440 g/mol. The van der Waals surface area contributed by atoms with E-state index >= 15 is 0 Å². The SMILES string of the molecule is COc1ccc2c(c1)CCc1cc(Cl)ccc1C2=Cc1cccc(NS(C)(=O)=O)c1. The van der Waals surface area contributed by atoms with E-state index in [4.69, 9.17) is 16.3 Å². The second-order valence-electron chi connectivity index (χ2n) is 7.38. The zero-order valence-electron chi connectivity index (χ0n) is 16.8. The van der Waals surface area contributed by atoms with Gasteiger partial charge in [0.2, 0.25) is 10.0 Å². The number of nitrogens with one attached hydrogen (secondary N) is 1. The quantitative estimate of drug-likeness (QED) is 0.591. The third-order valence-corrected chi connectivity index (χ3v) is 5.97. The molecule has 3 aromatic rings. The van der Waals surface area contributed by atoms with E-state index in [9.17, 15) is 8.42 Å². The third-order valence-electron chi connectivity index (χ3n) is 5.12. The van der Waals surface area contributed by atoms with E-state index in [1.165, 1.54) is 11.1 Å². The van der Waals surface area contributed by atoms with Crippen molar-refractivity contribution in [2.24, 2.45) is 0 Å². The molecule has 30 heavy (non-hydrogen) atoms. The van der Waals surface area contributed by atoms with Gasteiger partial charge in [0.25, 0.3) is 0 Å². The van der Waals surface area contributed by atoms with Crippen LogP contribution in [-0.2, 0) is 22.9 Å². The molecule has 1 N–H and O–H groups in total. The largest absolute Gasteiger partial charge is 0.497 e. The molecule has 6 heteroatoms. The van der Waals surface area contributed by atoms with Gasteiger partial charge in [-0.3, -0.25) is 4.72 Å². The predicted molar refractivity (Wildman–Crippen MR) is 124 cm³/mol. The highest BCUT2D eigenvalue weighted by molar-refractivity contribution is 7.92. The normalized spacial score (nSPS) is 14.6. The lowest BCUT2D eigenvalue weighted by Gasteiger charge is -2.14. The number of aryl methyl sites for hydroxylation is 2. The maximum atomic E-state index is 11.6. The Morgan fingerprint density at radius 3 is 2.37 bits per heavy atom. The first-order chi connectivity index (χ1) is 14.3. The molecular weight excluding hydrogens is 418 g/mol. The highest BCUT2D eigenvalue weighted by Gasteiger charge is 2.19. The van der Waals surface area contributed by atoms with Crippen molar-refractivity contribution in [2.45, 2.75) is 12.8 Å². The lowest BCUT2D eigenvalue weighted by molar-refractivity contribution is 0.414. The molecule has 0 aliphatic heterocycles. The van der Waals surface area contributed by atoms with Gasteiger partial charge in [0.05, 0.1) is 13.4 Å². The number of ether oxygens (including phenoxy) is 1. The van der Waals surface area contributed by atoms with Gasteiger partial charge in [-0.05, 0) is 88.7 Å². The van der Waals surface area contributed by atoms with Gasteiger partial charge in [-0.2, -0.15) is 0 Å². The lowest BCUT2D eigenvalue weighted by Crippen LogP contribution is -2.09. The van der Waals surface area contributed by atoms with Crippen molar-refractivity contribution in [3.8, 4) is 5.75 Å². The Morgan fingerprint density at radius 2 is 1.67 bits per heavy atom. The van der Waals surface area contributed by atoms with Crippen LogP contribution >= 0.6 is 11.6 Å². The summed E-state index contributed by atoms with van der Waals surface area (Å²) in [7, 11) is -1.67. The van der Waals surface area contributed by atoms with Gasteiger partial charge >= 0.3 is 0 Å². The molecule has 1 aliphatic rings. The van der Waals surface area contributed by atoms with E-state index in [-0.39, 0.29) is 0 Å². The molecule has 0 fully saturated rings. The van der Waals surface area contributed by atoms with E-state index in [2.05, 4.69) is 29.0 Å². The smallest absolute Gasteiger partial charge is 0.229 e. The van der Waals surface area contributed by atoms with Crippen LogP contribution in [0.5, 0.6) is 5.75 Å².